The normalized spacial score (nSPS) is 14.0. The number of benzene rings is 8. The molecule has 260 valence electrons. The zero-order valence-electron chi connectivity index (χ0n) is 26.4. The minimum Gasteiger partial charge on any atom is -0.385 e. The summed E-state index contributed by atoms with van der Waals surface area (Å²) in [4.78, 5) is 0. The van der Waals surface area contributed by atoms with Crippen LogP contribution in [0.2, 0.25) is 0 Å². The maximum absolute atomic E-state index is 7.06. The van der Waals surface area contributed by atoms with Gasteiger partial charge in [-0.25, -0.2) is 0 Å². The smallest absolute Gasteiger partial charge is 0.385 e. The fraction of sp³-hybridized carbons (Fsp3) is 0.0244. The van der Waals surface area contributed by atoms with Gasteiger partial charge in [0.1, 0.15) is 23.0 Å². The van der Waals surface area contributed by atoms with Crippen molar-refractivity contribution in [3.8, 4) is 45.3 Å². The Kier molecular flexibility index (Phi) is 8.61. The van der Waals surface area contributed by atoms with Crippen molar-refractivity contribution in [1.82, 2.24) is 0 Å². The number of rotatable bonds is 0. The minimum absolute atomic E-state index is 0.509. The summed E-state index contributed by atoms with van der Waals surface area (Å²) in [6.45, 7) is 0. The van der Waals surface area contributed by atoms with Crippen LogP contribution >= 0.6 is 127 Å². The standard InChI is InChI=1S/C41H16Br8O4/c42-17-1-5-21-25(9-17)29(46)13-33-37(21)38-22-6-2-18(43)10-26(22)30(47)14-34(38)51-41(50-33)52-35-15-31(48)27-11-19(44)3-7-23(27)39(35)40-24-8-4-20(45)12-28(24)32(49)16-36(40)53-41/h1-16H. The van der Waals surface area contributed by atoms with E-state index < -0.39 is 6.16 Å². The highest BCUT2D eigenvalue weighted by molar-refractivity contribution is 9.11. The van der Waals surface area contributed by atoms with Gasteiger partial charge in [-0.2, -0.15) is 0 Å². The molecule has 0 N–H and O–H groups in total. The topological polar surface area (TPSA) is 36.9 Å². The van der Waals surface area contributed by atoms with Crippen LogP contribution in [0.4, 0.5) is 0 Å². The van der Waals surface area contributed by atoms with E-state index in [0.717, 1.165) is 101 Å². The fourth-order valence-corrected chi connectivity index (χ4v) is 10.9. The van der Waals surface area contributed by atoms with Gasteiger partial charge < -0.3 is 18.9 Å². The second-order valence-electron chi connectivity index (χ2n) is 12.6. The molecule has 0 bridgehead atoms. The lowest BCUT2D eigenvalue weighted by atomic mass is 9.92. The number of fused-ring (bicyclic) bond motifs is 14. The first-order valence-electron chi connectivity index (χ1n) is 15.9. The highest BCUT2D eigenvalue weighted by Crippen LogP contribution is 2.57. The van der Waals surface area contributed by atoms with Gasteiger partial charge in [-0.15, -0.1) is 0 Å². The number of ether oxygens (including phenoxy) is 4. The fourth-order valence-electron chi connectivity index (χ4n) is 7.34. The van der Waals surface area contributed by atoms with E-state index in [1.165, 1.54) is 0 Å². The first kappa shape index (κ1) is 35.3. The number of halogens is 8. The zero-order valence-corrected chi connectivity index (χ0v) is 39.1. The Bertz CT molecular complexity index is 2560. The van der Waals surface area contributed by atoms with Gasteiger partial charge in [0.25, 0.3) is 0 Å². The van der Waals surface area contributed by atoms with E-state index in [0.29, 0.717) is 23.0 Å². The Morgan fingerprint density at radius 3 is 0.736 bits per heavy atom. The molecule has 0 aromatic heterocycles. The summed E-state index contributed by atoms with van der Waals surface area (Å²) in [6.07, 6.45) is -2.13. The van der Waals surface area contributed by atoms with E-state index in [2.05, 4.69) is 176 Å². The van der Waals surface area contributed by atoms with Crippen molar-refractivity contribution in [3.63, 3.8) is 0 Å². The van der Waals surface area contributed by atoms with Crippen molar-refractivity contribution in [2.75, 3.05) is 0 Å². The lowest BCUT2D eigenvalue weighted by Crippen LogP contribution is -2.53. The Morgan fingerprint density at radius 1 is 0.283 bits per heavy atom. The lowest BCUT2D eigenvalue weighted by molar-refractivity contribution is -0.364. The Labute approximate surface area is 369 Å². The van der Waals surface area contributed by atoms with Crippen molar-refractivity contribution >= 4 is 171 Å². The molecule has 12 heteroatoms. The summed E-state index contributed by atoms with van der Waals surface area (Å²) < 4.78 is 35.4. The third-order valence-corrected chi connectivity index (χ3v) is 14.1. The molecule has 2 heterocycles. The number of hydrogen-bond donors (Lipinski definition) is 0. The van der Waals surface area contributed by atoms with Crippen molar-refractivity contribution in [1.29, 1.82) is 0 Å². The van der Waals surface area contributed by atoms with Crippen LogP contribution in [0.1, 0.15) is 0 Å². The Morgan fingerprint density at radius 2 is 0.509 bits per heavy atom. The highest BCUT2D eigenvalue weighted by atomic mass is 79.9. The van der Waals surface area contributed by atoms with E-state index in [1.54, 1.807) is 0 Å². The van der Waals surface area contributed by atoms with Crippen LogP contribution in [0.3, 0.4) is 0 Å². The van der Waals surface area contributed by atoms with Crippen molar-refractivity contribution in [2.24, 2.45) is 0 Å². The second-order valence-corrected chi connectivity index (χ2v) is 19.7. The molecule has 0 aliphatic carbocycles. The summed E-state index contributed by atoms with van der Waals surface area (Å²) in [5.41, 5.74) is 3.36. The summed E-state index contributed by atoms with van der Waals surface area (Å²) >= 11 is 30.1. The van der Waals surface area contributed by atoms with E-state index >= 15 is 0 Å². The minimum atomic E-state index is -2.13. The van der Waals surface area contributed by atoms with E-state index in [-0.39, 0.29) is 0 Å². The molecule has 0 fully saturated rings. The third kappa shape index (κ3) is 5.67. The van der Waals surface area contributed by atoms with Gasteiger partial charge in [-0.05, 0) is 116 Å². The average Bonchev–Trinajstić information content (AvgIpc) is 3.32. The summed E-state index contributed by atoms with van der Waals surface area (Å²) in [6, 6.07) is 32.6. The molecule has 2 aliphatic rings. The molecule has 2 aliphatic heterocycles. The molecule has 1 spiro atoms. The third-order valence-electron chi connectivity index (χ3n) is 9.49. The van der Waals surface area contributed by atoms with Crippen molar-refractivity contribution in [2.45, 2.75) is 6.16 Å². The van der Waals surface area contributed by atoms with Crippen LogP contribution in [0.5, 0.6) is 23.0 Å². The molecule has 10 rings (SSSR count). The van der Waals surface area contributed by atoms with Crippen molar-refractivity contribution < 1.29 is 18.9 Å². The highest BCUT2D eigenvalue weighted by Gasteiger charge is 2.50. The molecular weight excluding hydrogens is 1200 g/mol. The Hall–Kier alpha value is -2.16. The molecule has 0 atom stereocenters. The Balaban J connectivity index is 1.34. The molecule has 0 unspecified atom stereocenters. The average molecular weight is 1210 g/mol. The van der Waals surface area contributed by atoms with Crippen LogP contribution < -0.4 is 18.9 Å². The van der Waals surface area contributed by atoms with Crippen LogP contribution in [0.15, 0.2) is 133 Å². The van der Waals surface area contributed by atoms with Gasteiger partial charge >= 0.3 is 6.16 Å². The molecule has 0 radical (unpaired) electrons. The maximum Gasteiger partial charge on any atom is 0.611 e. The van der Waals surface area contributed by atoms with E-state index in [9.17, 15) is 0 Å². The van der Waals surface area contributed by atoms with Crippen LogP contribution in [-0.4, -0.2) is 6.16 Å². The second kappa shape index (κ2) is 12.9. The monoisotopic (exact) mass is 1200 g/mol. The largest absolute Gasteiger partial charge is 0.611 e. The first-order valence-corrected chi connectivity index (χ1v) is 22.3. The summed E-state index contributed by atoms with van der Waals surface area (Å²) in [5, 5.41) is 7.82. The molecule has 0 amide bonds. The first-order chi connectivity index (χ1) is 25.5. The molecule has 8 aromatic rings. The summed E-state index contributed by atoms with van der Waals surface area (Å²) in [7, 11) is 0. The quantitative estimate of drug-likeness (QED) is 0.152. The van der Waals surface area contributed by atoms with Gasteiger partial charge in [-0.3, -0.25) is 0 Å². The zero-order chi connectivity index (χ0) is 36.5. The van der Waals surface area contributed by atoms with Crippen LogP contribution in [-0.2, 0) is 0 Å². The van der Waals surface area contributed by atoms with Gasteiger partial charge in [0.2, 0.25) is 0 Å². The molecule has 0 saturated carbocycles. The van der Waals surface area contributed by atoms with E-state index in [4.69, 9.17) is 18.9 Å². The van der Waals surface area contributed by atoms with Crippen LogP contribution in [0, 0.1) is 0 Å². The molecule has 8 aromatic carbocycles. The van der Waals surface area contributed by atoms with Gasteiger partial charge in [-0.1, -0.05) is 152 Å². The predicted octanol–water partition coefficient (Wildman–Crippen LogP) is 16.6. The van der Waals surface area contributed by atoms with Gasteiger partial charge in [0.15, 0.2) is 0 Å². The molecule has 4 nitrogen and oxygen atoms in total. The SMILES string of the molecule is Brc1ccc2c3c(cc(Br)c2c1)OC1(Oc2cc(Br)c4cc(Br)ccc4c2-3)Oc2cc(Br)c3cc(Br)ccc3c2-c2c(cc(Br)c3cc(Br)ccc23)O1. The van der Waals surface area contributed by atoms with E-state index in [1.807, 2.05) is 48.5 Å². The number of hydrogen-bond acceptors (Lipinski definition) is 4. The van der Waals surface area contributed by atoms with Gasteiger partial charge in [0.05, 0.1) is 0 Å². The molecule has 0 saturated heterocycles. The van der Waals surface area contributed by atoms with Crippen LogP contribution in [0.25, 0.3) is 65.3 Å². The summed E-state index contributed by atoms with van der Waals surface area (Å²) in [5.74, 6) is 2.04. The molecular formula is C41H16Br8O4. The molecule has 53 heavy (non-hydrogen) atoms. The van der Waals surface area contributed by atoms with Gasteiger partial charge in [0, 0.05) is 58.0 Å². The maximum atomic E-state index is 7.06. The van der Waals surface area contributed by atoms with Crippen molar-refractivity contribution in [3.05, 3.63) is 133 Å². The predicted molar refractivity (Wildman–Crippen MR) is 241 cm³/mol. The lowest BCUT2D eigenvalue weighted by Gasteiger charge is -2.30.